The van der Waals surface area contributed by atoms with Crippen LogP contribution in [0, 0.1) is 0 Å². The number of carbonyl (C=O) groups is 2. The number of hydrogen-bond acceptors (Lipinski definition) is 4. The lowest BCUT2D eigenvalue weighted by atomic mass is 9.97. The molecule has 2 N–H and O–H groups in total. The lowest BCUT2D eigenvalue weighted by Gasteiger charge is -2.13. The van der Waals surface area contributed by atoms with Crippen LogP contribution >= 0.6 is 0 Å². The van der Waals surface area contributed by atoms with Crippen LogP contribution in [0.2, 0.25) is 0 Å². The van der Waals surface area contributed by atoms with E-state index in [1.54, 1.807) is 12.1 Å². The van der Waals surface area contributed by atoms with Crippen molar-refractivity contribution in [2.45, 2.75) is 38.5 Å². The van der Waals surface area contributed by atoms with E-state index in [-0.39, 0.29) is 17.5 Å². The maximum absolute atomic E-state index is 12.3. The molecule has 1 heterocycles. The topological polar surface area (TPSA) is 74.3 Å². The van der Waals surface area contributed by atoms with Crippen LogP contribution in [0.3, 0.4) is 0 Å². The molecule has 6 heteroatoms. The number of carbonyl (C=O) groups excluding carboxylic acids is 2. The van der Waals surface area contributed by atoms with Crippen LogP contribution in [-0.2, 0) is 0 Å². The van der Waals surface area contributed by atoms with Gasteiger partial charge in [-0.05, 0) is 71.3 Å². The Kier molecular flexibility index (Phi) is 8.28. The van der Waals surface area contributed by atoms with Crippen molar-refractivity contribution >= 4 is 11.8 Å². The van der Waals surface area contributed by atoms with Gasteiger partial charge in [-0.15, -0.1) is 0 Å². The summed E-state index contributed by atoms with van der Waals surface area (Å²) in [6.07, 6.45) is 10.4. The van der Waals surface area contributed by atoms with Gasteiger partial charge in [0.05, 0.1) is 0 Å². The van der Waals surface area contributed by atoms with Crippen molar-refractivity contribution in [3.63, 3.8) is 0 Å². The summed E-state index contributed by atoms with van der Waals surface area (Å²) in [6, 6.07) is 3.19. The predicted molar refractivity (Wildman–Crippen MR) is 103 cm³/mol. The average Bonchev–Trinajstić information content (AvgIpc) is 2.66. The molecule has 2 amide bonds. The highest BCUT2D eigenvalue weighted by Gasteiger charge is 2.12. The molecular weight excluding hydrogens is 328 g/mol. The van der Waals surface area contributed by atoms with Crippen LogP contribution in [0.25, 0.3) is 0 Å². The number of allylic oxidation sites excluding steroid dienone is 1. The molecule has 1 aromatic rings. The van der Waals surface area contributed by atoms with Gasteiger partial charge in [0.2, 0.25) is 0 Å². The van der Waals surface area contributed by atoms with Crippen LogP contribution in [0.1, 0.15) is 59.4 Å². The summed E-state index contributed by atoms with van der Waals surface area (Å²) in [5, 5.41) is 5.77. The average molecular weight is 358 g/mol. The van der Waals surface area contributed by atoms with Crippen molar-refractivity contribution in [3.8, 4) is 0 Å². The SMILES string of the molecule is CN(C)CCCNC(=O)c1cc(C(=O)NCCC2=CCCCC2)ccn1. The third-order valence-electron chi connectivity index (χ3n) is 4.44. The molecule has 0 saturated heterocycles. The number of pyridine rings is 1. The van der Waals surface area contributed by atoms with Crippen LogP contribution in [0.15, 0.2) is 30.0 Å². The summed E-state index contributed by atoms with van der Waals surface area (Å²) in [5.74, 6) is -0.406. The first-order valence-electron chi connectivity index (χ1n) is 9.41. The first-order valence-corrected chi connectivity index (χ1v) is 9.41. The van der Waals surface area contributed by atoms with E-state index in [2.05, 4.69) is 26.6 Å². The maximum atomic E-state index is 12.3. The first kappa shape index (κ1) is 20.1. The Labute approximate surface area is 156 Å². The summed E-state index contributed by atoms with van der Waals surface area (Å²) in [5.41, 5.74) is 2.18. The second kappa shape index (κ2) is 10.7. The Bertz CT molecular complexity index is 640. The smallest absolute Gasteiger partial charge is 0.269 e. The molecule has 0 unspecified atom stereocenters. The molecule has 2 rings (SSSR count). The van der Waals surface area contributed by atoms with E-state index in [1.807, 2.05) is 14.1 Å². The molecule has 1 aliphatic rings. The highest BCUT2D eigenvalue weighted by atomic mass is 16.2. The summed E-state index contributed by atoms with van der Waals surface area (Å²) in [4.78, 5) is 30.6. The van der Waals surface area contributed by atoms with Crippen molar-refractivity contribution in [2.24, 2.45) is 0 Å². The predicted octanol–water partition coefficient (Wildman–Crippen LogP) is 2.38. The van der Waals surface area contributed by atoms with Crippen molar-refractivity contribution in [3.05, 3.63) is 41.2 Å². The van der Waals surface area contributed by atoms with Gasteiger partial charge in [0.25, 0.3) is 11.8 Å². The van der Waals surface area contributed by atoms with Gasteiger partial charge < -0.3 is 15.5 Å². The Morgan fingerprint density at radius 3 is 2.69 bits per heavy atom. The van der Waals surface area contributed by atoms with Gasteiger partial charge in [-0.1, -0.05) is 11.6 Å². The molecule has 0 atom stereocenters. The van der Waals surface area contributed by atoms with Gasteiger partial charge in [-0.25, -0.2) is 0 Å². The van der Waals surface area contributed by atoms with Crippen molar-refractivity contribution in [1.82, 2.24) is 20.5 Å². The monoisotopic (exact) mass is 358 g/mol. The molecule has 0 radical (unpaired) electrons. The summed E-state index contributed by atoms with van der Waals surface area (Å²) >= 11 is 0. The minimum Gasteiger partial charge on any atom is -0.352 e. The van der Waals surface area contributed by atoms with Crippen LogP contribution in [0.5, 0.6) is 0 Å². The second-order valence-electron chi connectivity index (χ2n) is 6.96. The van der Waals surface area contributed by atoms with Crippen molar-refractivity contribution in [2.75, 3.05) is 33.7 Å². The molecule has 6 nitrogen and oxygen atoms in total. The molecule has 26 heavy (non-hydrogen) atoms. The van der Waals surface area contributed by atoms with E-state index in [1.165, 1.54) is 24.6 Å². The van der Waals surface area contributed by atoms with Gasteiger partial charge in [0, 0.05) is 24.8 Å². The highest BCUT2D eigenvalue weighted by molar-refractivity contribution is 5.98. The second-order valence-corrected chi connectivity index (χ2v) is 6.96. The Hall–Kier alpha value is -2.21. The molecule has 0 aromatic carbocycles. The molecule has 0 aliphatic heterocycles. The molecule has 0 spiro atoms. The van der Waals surface area contributed by atoms with E-state index >= 15 is 0 Å². The number of aromatic nitrogens is 1. The number of hydrogen-bond donors (Lipinski definition) is 2. The molecule has 1 aliphatic carbocycles. The molecule has 0 bridgehead atoms. The number of amides is 2. The highest BCUT2D eigenvalue weighted by Crippen LogP contribution is 2.19. The maximum Gasteiger partial charge on any atom is 0.269 e. The molecule has 1 aromatic heterocycles. The number of rotatable bonds is 9. The fourth-order valence-corrected chi connectivity index (χ4v) is 2.95. The van der Waals surface area contributed by atoms with Gasteiger partial charge in [0.15, 0.2) is 0 Å². The molecule has 0 saturated carbocycles. The van der Waals surface area contributed by atoms with Crippen molar-refractivity contribution in [1.29, 1.82) is 0 Å². The van der Waals surface area contributed by atoms with Gasteiger partial charge in [-0.2, -0.15) is 0 Å². The Morgan fingerprint density at radius 1 is 1.15 bits per heavy atom. The van der Waals surface area contributed by atoms with Gasteiger partial charge >= 0.3 is 0 Å². The van der Waals surface area contributed by atoms with Crippen LogP contribution < -0.4 is 10.6 Å². The van der Waals surface area contributed by atoms with Crippen LogP contribution in [0.4, 0.5) is 0 Å². The van der Waals surface area contributed by atoms with Gasteiger partial charge in [-0.3, -0.25) is 14.6 Å². The summed E-state index contributed by atoms with van der Waals surface area (Å²) in [7, 11) is 3.99. The fourth-order valence-electron chi connectivity index (χ4n) is 2.95. The minimum atomic E-state index is -0.245. The van der Waals surface area contributed by atoms with E-state index in [0.717, 1.165) is 32.2 Å². The van der Waals surface area contributed by atoms with Crippen molar-refractivity contribution < 1.29 is 9.59 Å². The van der Waals surface area contributed by atoms with Crippen LogP contribution in [-0.4, -0.2) is 55.4 Å². The third-order valence-corrected chi connectivity index (χ3v) is 4.44. The Morgan fingerprint density at radius 2 is 1.96 bits per heavy atom. The zero-order chi connectivity index (χ0) is 18.8. The van der Waals surface area contributed by atoms with E-state index in [4.69, 9.17) is 0 Å². The molecule has 0 fully saturated rings. The van der Waals surface area contributed by atoms with E-state index in [9.17, 15) is 9.59 Å². The first-order chi connectivity index (χ1) is 12.6. The lowest BCUT2D eigenvalue weighted by Crippen LogP contribution is -2.29. The zero-order valence-electron chi connectivity index (χ0n) is 15.9. The normalized spacial score (nSPS) is 14.0. The third kappa shape index (κ3) is 6.96. The largest absolute Gasteiger partial charge is 0.352 e. The fraction of sp³-hybridized carbons (Fsp3) is 0.550. The lowest BCUT2D eigenvalue weighted by molar-refractivity contribution is 0.0947. The molecular formula is C20H30N4O2. The zero-order valence-corrected chi connectivity index (χ0v) is 15.9. The summed E-state index contributed by atoms with van der Waals surface area (Å²) in [6.45, 7) is 2.12. The van der Waals surface area contributed by atoms with Gasteiger partial charge in [0.1, 0.15) is 5.69 Å². The number of nitrogens with one attached hydrogen (secondary N) is 2. The molecule has 142 valence electrons. The standard InChI is InChI=1S/C20H30N4O2/c1-24(2)14-6-11-22-20(26)18-15-17(10-13-21-18)19(25)23-12-9-16-7-4-3-5-8-16/h7,10,13,15H,3-6,8-9,11-12,14H2,1-2H3,(H,22,26)(H,23,25). The van der Waals surface area contributed by atoms with E-state index in [0.29, 0.717) is 18.7 Å². The summed E-state index contributed by atoms with van der Waals surface area (Å²) < 4.78 is 0. The van der Waals surface area contributed by atoms with E-state index < -0.39 is 0 Å². The number of nitrogens with zero attached hydrogens (tertiary/aromatic N) is 2. The minimum absolute atomic E-state index is 0.162. The quantitative estimate of drug-likeness (QED) is 0.525. The Balaban J connectivity index is 1.80.